The zero-order valence-corrected chi connectivity index (χ0v) is 18.4. The van der Waals surface area contributed by atoms with Crippen molar-refractivity contribution >= 4 is 40.1 Å². The van der Waals surface area contributed by atoms with Crippen LogP contribution in [0.3, 0.4) is 0 Å². The third kappa shape index (κ3) is 6.24. The topological polar surface area (TPSA) is 120 Å². The fourth-order valence-electron chi connectivity index (χ4n) is 3.31. The van der Waals surface area contributed by atoms with Gasteiger partial charge in [0.15, 0.2) is 6.61 Å². The first-order valence-electron chi connectivity index (χ1n) is 10.3. The fourth-order valence-corrected chi connectivity index (χ4v) is 4.72. The number of fused-ring (bicyclic) bond motifs is 1. The molecule has 31 heavy (non-hydrogen) atoms. The van der Waals surface area contributed by atoms with Crippen LogP contribution in [-0.2, 0) is 31.9 Å². The minimum atomic E-state index is -0.525. The van der Waals surface area contributed by atoms with E-state index in [1.54, 1.807) is 25.4 Å². The number of carbonyl (C=O) groups excluding carboxylic acids is 3. The van der Waals surface area contributed by atoms with Crippen LogP contribution >= 0.6 is 11.3 Å². The Bertz CT molecular complexity index is 931. The first-order valence-corrected chi connectivity index (χ1v) is 11.1. The van der Waals surface area contributed by atoms with Gasteiger partial charge in [-0.05, 0) is 43.7 Å². The van der Waals surface area contributed by atoms with Gasteiger partial charge in [0, 0.05) is 23.8 Å². The molecule has 0 radical (unpaired) electrons. The highest BCUT2D eigenvalue weighted by molar-refractivity contribution is 7.17. The number of nitrogens with one attached hydrogen (secondary N) is 2. The maximum Gasteiger partial charge on any atom is 0.341 e. The molecule has 9 nitrogen and oxygen atoms in total. The number of hydrogen-bond donors (Lipinski definition) is 2. The van der Waals surface area contributed by atoms with E-state index in [9.17, 15) is 14.4 Å². The Balaban J connectivity index is 1.53. The molecule has 1 unspecified atom stereocenters. The molecule has 2 heterocycles. The van der Waals surface area contributed by atoms with E-state index in [1.807, 2.05) is 0 Å². The number of thiophene rings is 1. The largest absolute Gasteiger partial charge is 0.462 e. The third-order valence-electron chi connectivity index (χ3n) is 4.79. The molecule has 0 bridgehead atoms. The molecule has 3 rings (SSSR count). The molecule has 1 amide bonds. The van der Waals surface area contributed by atoms with E-state index in [1.165, 1.54) is 11.3 Å². The molecular weight excluding hydrogens is 420 g/mol. The second-order valence-electron chi connectivity index (χ2n) is 7.23. The average Bonchev–Trinajstić information content (AvgIpc) is 3.10. The van der Waals surface area contributed by atoms with Crippen molar-refractivity contribution in [3.8, 4) is 0 Å². The van der Waals surface area contributed by atoms with E-state index in [2.05, 4.69) is 27.5 Å². The summed E-state index contributed by atoms with van der Waals surface area (Å²) >= 11 is 1.40. The summed E-state index contributed by atoms with van der Waals surface area (Å²) < 4.78 is 10.2. The van der Waals surface area contributed by atoms with E-state index in [0.29, 0.717) is 22.4 Å². The summed E-state index contributed by atoms with van der Waals surface area (Å²) in [7, 11) is 0. The molecule has 10 heteroatoms. The molecular formula is C21H26N4O5S. The summed E-state index contributed by atoms with van der Waals surface area (Å²) in [6, 6.07) is 1.69. The van der Waals surface area contributed by atoms with Gasteiger partial charge in [0.2, 0.25) is 5.95 Å². The second kappa shape index (κ2) is 10.9. The molecule has 0 saturated carbocycles. The maximum absolute atomic E-state index is 12.5. The van der Waals surface area contributed by atoms with Gasteiger partial charge in [-0.3, -0.25) is 9.59 Å². The molecule has 2 aromatic heterocycles. The number of nitrogens with zero attached hydrogens (tertiary/aromatic N) is 2. The van der Waals surface area contributed by atoms with Crippen LogP contribution in [0.25, 0.3) is 0 Å². The van der Waals surface area contributed by atoms with Gasteiger partial charge in [0.05, 0.1) is 18.6 Å². The van der Waals surface area contributed by atoms with Crippen LogP contribution < -0.4 is 10.6 Å². The van der Waals surface area contributed by atoms with Gasteiger partial charge in [-0.2, -0.15) is 0 Å². The lowest BCUT2D eigenvalue weighted by atomic mass is 9.88. The standard InChI is InChI=1S/C21H26N4O5S/c1-3-29-20(28)18-14-6-5-13(2)11-15(14)31-19(18)25-16(26)12-30-17(27)7-10-24-21-22-8-4-9-23-21/h4,8-9,13H,3,5-7,10-12H2,1-2H3,(H,25,26)(H,22,23,24). The molecule has 166 valence electrons. The van der Waals surface area contributed by atoms with Crippen LogP contribution in [0.2, 0.25) is 0 Å². The van der Waals surface area contributed by atoms with Crippen molar-refractivity contribution in [2.24, 2.45) is 5.92 Å². The average molecular weight is 447 g/mol. The van der Waals surface area contributed by atoms with Gasteiger partial charge in [-0.1, -0.05) is 6.92 Å². The van der Waals surface area contributed by atoms with Crippen molar-refractivity contribution in [2.45, 2.75) is 39.5 Å². The lowest BCUT2D eigenvalue weighted by Crippen LogP contribution is -2.23. The minimum absolute atomic E-state index is 0.0603. The lowest BCUT2D eigenvalue weighted by Gasteiger charge is -2.18. The number of esters is 2. The Labute approximate surface area is 184 Å². The van der Waals surface area contributed by atoms with E-state index in [4.69, 9.17) is 9.47 Å². The van der Waals surface area contributed by atoms with Crippen molar-refractivity contribution in [2.75, 3.05) is 30.4 Å². The number of carbonyl (C=O) groups is 3. The molecule has 1 atom stereocenters. The number of ether oxygens (including phenoxy) is 2. The van der Waals surface area contributed by atoms with Gasteiger partial charge < -0.3 is 20.1 Å². The normalized spacial score (nSPS) is 15.0. The van der Waals surface area contributed by atoms with Crippen molar-refractivity contribution in [1.82, 2.24) is 9.97 Å². The van der Waals surface area contributed by atoms with Crippen molar-refractivity contribution in [3.05, 3.63) is 34.5 Å². The smallest absolute Gasteiger partial charge is 0.341 e. The molecule has 0 aromatic carbocycles. The Morgan fingerprint density at radius 1 is 1.23 bits per heavy atom. The summed E-state index contributed by atoms with van der Waals surface area (Å²) in [6.07, 6.45) is 5.88. The molecule has 0 saturated heterocycles. The summed E-state index contributed by atoms with van der Waals surface area (Å²) in [5.41, 5.74) is 1.39. The van der Waals surface area contributed by atoms with Crippen LogP contribution in [0.5, 0.6) is 0 Å². The number of anilines is 2. The van der Waals surface area contributed by atoms with Crippen LogP contribution in [0.15, 0.2) is 18.5 Å². The van der Waals surface area contributed by atoms with Crippen LogP contribution in [0.4, 0.5) is 10.9 Å². The second-order valence-corrected chi connectivity index (χ2v) is 8.34. The Morgan fingerprint density at radius 3 is 2.74 bits per heavy atom. The SMILES string of the molecule is CCOC(=O)c1c(NC(=O)COC(=O)CCNc2ncccn2)sc2c1CCC(C)C2. The van der Waals surface area contributed by atoms with Crippen molar-refractivity contribution < 1.29 is 23.9 Å². The van der Waals surface area contributed by atoms with Gasteiger partial charge in [-0.25, -0.2) is 14.8 Å². The molecule has 0 spiro atoms. The first-order chi connectivity index (χ1) is 15.0. The molecule has 2 aromatic rings. The third-order valence-corrected chi connectivity index (χ3v) is 5.96. The highest BCUT2D eigenvalue weighted by Gasteiger charge is 2.29. The van der Waals surface area contributed by atoms with Crippen LogP contribution in [0.1, 0.15) is 47.5 Å². The molecule has 1 aliphatic rings. The Kier molecular flexibility index (Phi) is 7.94. The summed E-state index contributed by atoms with van der Waals surface area (Å²) in [5.74, 6) is -0.513. The molecule has 0 aliphatic heterocycles. The number of hydrogen-bond acceptors (Lipinski definition) is 9. The van der Waals surface area contributed by atoms with Gasteiger partial charge >= 0.3 is 11.9 Å². The first kappa shape index (κ1) is 22.7. The van der Waals surface area contributed by atoms with Crippen molar-refractivity contribution in [3.63, 3.8) is 0 Å². The van der Waals surface area contributed by atoms with E-state index in [-0.39, 0.29) is 19.6 Å². The molecule has 2 N–H and O–H groups in total. The summed E-state index contributed by atoms with van der Waals surface area (Å²) in [4.78, 5) is 45.8. The molecule has 1 aliphatic carbocycles. The Hall–Kier alpha value is -3.01. The van der Waals surface area contributed by atoms with Crippen LogP contribution in [0, 0.1) is 5.92 Å². The fraction of sp³-hybridized carbons (Fsp3) is 0.476. The monoisotopic (exact) mass is 446 g/mol. The number of rotatable bonds is 9. The van der Waals surface area contributed by atoms with Crippen LogP contribution in [-0.4, -0.2) is 47.6 Å². The summed E-state index contributed by atoms with van der Waals surface area (Å²) in [6.45, 7) is 4.03. The summed E-state index contributed by atoms with van der Waals surface area (Å²) in [5, 5.41) is 6.08. The van der Waals surface area contributed by atoms with Gasteiger partial charge in [0.25, 0.3) is 5.91 Å². The minimum Gasteiger partial charge on any atom is -0.462 e. The van der Waals surface area contributed by atoms with Gasteiger partial charge in [0.1, 0.15) is 5.00 Å². The predicted molar refractivity (Wildman–Crippen MR) is 116 cm³/mol. The highest BCUT2D eigenvalue weighted by Crippen LogP contribution is 2.40. The van der Waals surface area contributed by atoms with E-state index in [0.717, 1.165) is 29.7 Å². The number of aromatic nitrogens is 2. The highest BCUT2D eigenvalue weighted by atomic mass is 32.1. The lowest BCUT2D eigenvalue weighted by molar-refractivity contribution is -0.147. The van der Waals surface area contributed by atoms with Gasteiger partial charge in [-0.15, -0.1) is 11.3 Å². The quantitative estimate of drug-likeness (QED) is 0.564. The predicted octanol–water partition coefficient (Wildman–Crippen LogP) is 2.82. The number of amides is 1. The van der Waals surface area contributed by atoms with Crippen molar-refractivity contribution in [1.29, 1.82) is 0 Å². The Morgan fingerprint density at radius 2 is 2.00 bits per heavy atom. The zero-order valence-electron chi connectivity index (χ0n) is 17.6. The molecule has 0 fully saturated rings. The van der Waals surface area contributed by atoms with E-state index >= 15 is 0 Å². The maximum atomic E-state index is 12.5. The van der Waals surface area contributed by atoms with E-state index < -0.39 is 24.5 Å². The zero-order chi connectivity index (χ0) is 22.2.